The molecule has 204 valence electrons. The summed E-state index contributed by atoms with van der Waals surface area (Å²) in [5.74, 6) is 1.39. The van der Waals surface area contributed by atoms with E-state index in [4.69, 9.17) is 5.10 Å². The summed E-state index contributed by atoms with van der Waals surface area (Å²) in [5.41, 5.74) is 4.32. The molecule has 5 rings (SSSR count). The van der Waals surface area contributed by atoms with E-state index in [0.29, 0.717) is 40.0 Å². The fourth-order valence-corrected chi connectivity index (χ4v) is 4.19. The Hall–Kier alpha value is -4.99. The van der Waals surface area contributed by atoms with E-state index >= 15 is 0 Å². The van der Waals surface area contributed by atoms with Crippen molar-refractivity contribution >= 4 is 40.1 Å². The highest BCUT2D eigenvalue weighted by Gasteiger charge is 2.22. The number of urea groups is 1. The predicted molar refractivity (Wildman–Crippen MR) is 159 cm³/mol. The Balaban J connectivity index is 1.32. The number of amides is 2. The van der Waals surface area contributed by atoms with Gasteiger partial charge in [-0.3, -0.25) is 10.1 Å². The van der Waals surface area contributed by atoms with E-state index in [1.165, 1.54) is 18.0 Å². The van der Waals surface area contributed by atoms with Gasteiger partial charge in [-0.2, -0.15) is 5.10 Å². The standard InChI is InChI=1S/C30H32N8O2/c1-18(2)19-6-12-22(13-7-19)38-25(16-24(37-38)30(3,4)5)36-29(40)35-21-10-8-20(9-11-21)34-28-26-23(39)14-15-31-27(26)32-17-33-28/h6-18H,1-5H3,(H2,35,36,40)(H2,31,32,33,34,39). The summed E-state index contributed by atoms with van der Waals surface area (Å²) in [5, 5.41) is 14.1. The Morgan fingerprint density at radius 3 is 2.30 bits per heavy atom. The molecule has 0 spiro atoms. The van der Waals surface area contributed by atoms with Crippen LogP contribution in [0.2, 0.25) is 0 Å². The number of hydrogen-bond donors (Lipinski definition) is 4. The number of pyridine rings is 1. The second-order valence-electron chi connectivity index (χ2n) is 10.9. The topological polar surface area (TPSA) is 130 Å². The molecule has 40 heavy (non-hydrogen) atoms. The number of nitrogens with one attached hydrogen (secondary N) is 4. The second-order valence-corrected chi connectivity index (χ2v) is 10.9. The molecule has 10 nitrogen and oxygen atoms in total. The normalized spacial score (nSPS) is 11.6. The van der Waals surface area contributed by atoms with Crippen LogP contribution in [0.5, 0.6) is 0 Å². The first-order valence-electron chi connectivity index (χ1n) is 13.1. The maximum absolute atomic E-state index is 13.0. The molecule has 0 saturated heterocycles. The lowest BCUT2D eigenvalue weighted by Gasteiger charge is -2.14. The van der Waals surface area contributed by atoms with Gasteiger partial charge in [0.15, 0.2) is 5.43 Å². The molecule has 0 unspecified atom stereocenters. The highest BCUT2D eigenvalue weighted by atomic mass is 16.2. The zero-order valence-corrected chi connectivity index (χ0v) is 23.1. The SMILES string of the molecule is CC(C)c1ccc(-n2nc(C(C)(C)C)cc2NC(=O)Nc2ccc(Nc3ncnc4[nH]ccc(=O)c34)cc2)cc1. The molecule has 0 aliphatic heterocycles. The maximum Gasteiger partial charge on any atom is 0.324 e. The minimum absolute atomic E-state index is 0.184. The van der Waals surface area contributed by atoms with Crippen molar-refractivity contribution in [1.82, 2.24) is 24.7 Å². The molecule has 0 fully saturated rings. The van der Waals surface area contributed by atoms with Gasteiger partial charge in [0.1, 0.15) is 29.0 Å². The third kappa shape index (κ3) is 5.70. The van der Waals surface area contributed by atoms with E-state index < -0.39 is 6.03 Å². The Morgan fingerprint density at radius 1 is 0.925 bits per heavy atom. The minimum atomic E-state index is -0.394. The van der Waals surface area contributed by atoms with E-state index in [9.17, 15) is 9.59 Å². The van der Waals surface area contributed by atoms with Crippen LogP contribution >= 0.6 is 0 Å². The first kappa shape index (κ1) is 26.6. The van der Waals surface area contributed by atoms with Crippen LogP contribution in [0.15, 0.2) is 78.0 Å². The molecule has 3 aromatic heterocycles. The molecule has 4 N–H and O–H groups in total. The molecule has 2 aromatic carbocycles. The van der Waals surface area contributed by atoms with Crippen LogP contribution in [0.1, 0.15) is 51.8 Å². The van der Waals surface area contributed by atoms with Gasteiger partial charge in [0.25, 0.3) is 0 Å². The summed E-state index contributed by atoms with van der Waals surface area (Å²) in [6.45, 7) is 10.6. The van der Waals surface area contributed by atoms with E-state index in [1.807, 2.05) is 18.2 Å². The van der Waals surface area contributed by atoms with E-state index in [-0.39, 0.29) is 10.8 Å². The number of H-pyrrole nitrogens is 1. The molecule has 0 saturated carbocycles. The molecule has 5 aromatic rings. The largest absolute Gasteiger partial charge is 0.346 e. The van der Waals surface area contributed by atoms with Crippen molar-refractivity contribution in [3.63, 3.8) is 0 Å². The summed E-state index contributed by atoms with van der Waals surface area (Å²) < 4.78 is 1.75. The van der Waals surface area contributed by atoms with Crippen molar-refractivity contribution < 1.29 is 4.79 Å². The zero-order chi connectivity index (χ0) is 28.4. The fourth-order valence-electron chi connectivity index (χ4n) is 4.19. The molecule has 2 amide bonds. The highest BCUT2D eigenvalue weighted by molar-refractivity contribution is 5.99. The molecule has 0 aliphatic rings. The highest BCUT2D eigenvalue weighted by Crippen LogP contribution is 2.27. The van der Waals surface area contributed by atoms with E-state index in [2.05, 4.69) is 77.7 Å². The van der Waals surface area contributed by atoms with Crippen molar-refractivity contribution in [2.75, 3.05) is 16.0 Å². The first-order valence-corrected chi connectivity index (χ1v) is 13.1. The van der Waals surface area contributed by atoms with Gasteiger partial charge in [-0.1, -0.05) is 46.8 Å². The number of anilines is 4. The number of hydrogen-bond acceptors (Lipinski definition) is 6. The molecule has 10 heteroatoms. The van der Waals surface area contributed by atoms with Crippen LogP contribution in [0.25, 0.3) is 16.7 Å². The number of aromatic nitrogens is 5. The molecule has 0 atom stereocenters. The molecular weight excluding hydrogens is 504 g/mol. The predicted octanol–water partition coefficient (Wildman–Crippen LogP) is 6.31. The van der Waals surface area contributed by atoms with Crippen molar-refractivity contribution in [3.8, 4) is 5.69 Å². The van der Waals surface area contributed by atoms with E-state index in [0.717, 1.165) is 11.4 Å². The van der Waals surface area contributed by atoms with Crippen LogP contribution < -0.4 is 21.4 Å². The van der Waals surface area contributed by atoms with Crippen LogP contribution in [-0.4, -0.2) is 30.8 Å². The maximum atomic E-state index is 13.0. The number of fused-ring (bicyclic) bond motifs is 1. The number of aromatic amines is 1. The number of nitrogens with zero attached hydrogens (tertiary/aromatic N) is 4. The van der Waals surface area contributed by atoms with Gasteiger partial charge in [-0.25, -0.2) is 19.4 Å². The average molecular weight is 537 g/mol. The van der Waals surface area contributed by atoms with Crippen molar-refractivity contribution in [2.24, 2.45) is 0 Å². The molecule has 0 bridgehead atoms. The second kappa shape index (κ2) is 10.6. The number of rotatable bonds is 6. The van der Waals surface area contributed by atoms with Crippen molar-refractivity contribution in [1.29, 1.82) is 0 Å². The fraction of sp³-hybridized carbons (Fsp3) is 0.233. The number of carbonyl (C=O) groups is 1. The Bertz CT molecular complexity index is 1710. The smallest absolute Gasteiger partial charge is 0.324 e. The van der Waals surface area contributed by atoms with Gasteiger partial charge < -0.3 is 15.6 Å². The van der Waals surface area contributed by atoms with Gasteiger partial charge in [0.2, 0.25) is 0 Å². The lowest BCUT2D eigenvalue weighted by atomic mass is 9.92. The molecule has 3 heterocycles. The summed E-state index contributed by atoms with van der Waals surface area (Å²) in [6.07, 6.45) is 2.93. The van der Waals surface area contributed by atoms with Gasteiger partial charge >= 0.3 is 6.03 Å². The van der Waals surface area contributed by atoms with Crippen molar-refractivity contribution in [2.45, 2.75) is 46.0 Å². The van der Waals surface area contributed by atoms with Crippen LogP contribution in [-0.2, 0) is 5.41 Å². The van der Waals surface area contributed by atoms with Crippen molar-refractivity contribution in [3.05, 3.63) is 94.7 Å². The van der Waals surface area contributed by atoms with Crippen LogP contribution in [0, 0.1) is 0 Å². The third-order valence-electron chi connectivity index (χ3n) is 6.48. The summed E-state index contributed by atoms with van der Waals surface area (Å²) in [7, 11) is 0. The average Bonchev–Trinajstić information content (AvgIpc) is 3.34. The van der Waals surface area contributed by atoms with Gasteiger partial charge in [0.05, 0.1) is 11.4 Å². The molecule has 0 radical (unpaired) electrons. The Labute approximate surface area is 231 Å². The Kier molecular flexibility index (Phi) is 7.08. The molecule has 0 aliphatic carbocycles. The first-order chi connectivity index (χ1) is 19.1. The lowest BCUT2D eigenvalue weighted by molar-refractivity contribution is 0.262. The third-order valence-corrected chi connectivity index (χ3v) is 6.48. The summed E-state index contributed by atoms with van der Waals surface area (Å²) >= 11 is 0. The van der Waals surface area contributed by atoms with Gasteiger partial charge in [-0.15, -0.1) is 0 Å². The van der Waals surface area contributed by atoms with Crippen LogP contribution in [0.3, 0.4) is 0 Å². The van der Waals surface area contributed by atoms with Gasteiger partial charge in [0, 0.05) is 35.1 Å². The Morgan fingerprint density at radius 2 is 1.62 bits per heavy atom. The number of benzene rings is 2. The zero-order valence-electron chi connectivity index (χ0n) is 23.1. The molecular formula is C30H32N8O2. The summed E-state index contributed by atoms with van der Waals surface area (Å²) in [6, 6.07) is 18.2. The monoisotopic (exact) mass is 536 g/mol. The lowest BCUT2D eigenvalue weighted by Crippen LogP contribution is -2.21. The van der Waals surface area contributed by atoms with E-state index in [1.54, 1.807) is 35.1 Å². The minimum Gasteiger partial charge on any atom is -0.346 e. The number of carbonyl (C=O) groups excluding carboxylic acids is 1. The van der Waals surface area contributed by atoms with Gasteiger partial charge in [-0.05, 0) is 47.9 Å². The van der Waals surface area contributed by atoms with Crippen LogP contribution in [0.4, 0.5) is 27.8 Å². The quantitative estimate of drug-likeness (QED) is 0.201. The summed E-state index contributed by atoms with van der Waals surface area (Å²) in [4.78, 5) is 36.6.